The number of pyridine rings is 1. The second-order valence-electron chi connectivity index (χ2n) is 5.56. The Morgan fingerprint density at radius 1 is 1.19 bits per heavy atom. The quantitative estimate of drug-likeness (QED) is 0.884. The first-order chi connectivity index (χ1) is 10.1. The summed E-state index contributed by atoms with van der Waals surface area (Å²) in [5.41, 5.74) is 3.84. The van der Waals surface area contributed by atoms with Crippen LogP contribution in [-0.4, -0.2) is 11.1 Å². The predicted molar refractivity (Wildman–Crippen MR) is 87.7 cm³/mol. The molecule has 1 heterocycles. The maximum absolute atomic E-state index is 11.9. The van der Waals surface area contributed by atoms with Gasteiger partial charge in [0, 0.05) is 18.8 Å². The molecule has 0 amide bonds. The minimum atomic E-state index is 0.0473. The normalized spacial score (nSPS) is 12.3. The third-order valence-electron chi connectivity index (χ3n) is 3.73. The van der Waals surface area contributed by atoms with Gasteiger partial charge < -0.3 is 9.88 Å². The van der Waals surface area contributed by atoms with Gasteiger partial charge in [-0.2, -0.15) is 0 Å². The van der Waals surface area contributed by atoms with Crippen LogP contribution in [0.15, 0.2) is 47.4 Å². The minimum absolute atomic E-state index is 0.0473. The first-order valence-corrected chi connectivity index (χ1v) is 7.58. The van der Waals surface area contributed by atoms with Gasteiger partial charge in [0.05, 0.1) is 6.04 Å². The summed E-state index contributed by atoms with van der Waals surface area (Å²) >= 11 is 0. The van der Waals surface area contributed by atoms with E-state index in [1.807, 2.05) is 12.3 Å². The van der Waals surface area contributed by atoms with Crippen molar-refractivity contribution in [1.29, 1.82) is 0 Å². The van der Waals surface area contributed by atoms with Crippen LogP contribution in [0.4, 0.5) is 0 Å². The van der Waals surface area contributed by atoms with Gasteiger partial charge in [0.1, 0.15) is 0 Å². The second kappa shape index (κ2) is 7.23. The third kappa shape index (κ3) is 4.05. The first-order valence-electron chi connectivity index (χ1n) is 7.58. The molecule has 1 atom stereocenters. The van der Waals surface area contributed by atoms with Crippen LogP contribution in [-0.2, 0) is 6.54 Å². The van der Waals surface area contributed by atoms with E-state index in [2.05, 4.69) is 44.3 Å². The Morgan fingerprint density at radius 3 is 2.71 bits per heavy atom. The lowest BCUT2D eigenvalue weighted by Gasteiger charge is -2.22. The molecule has 0 aliphatic carbocycles. The van der Waals surface area contributed by atoms with Crippen molar-refractivity contribution >= 4 is 0 Å². The lowest BCUT2D eigenvalue weighted by molar-refractivity contribution is 0.454. The number of nitrogens with one attached hydrogen (secondary N) is 1. The Hall–Kier alpha value is -1.87. The van der Waals surface area contributed by atoms with Crippen LogP contribution >= 0.6 is 0 Å². The summed E-state index contributed by atoms with van der Waals surface area (Å²) in [5.74, 6) is 0. The minimum Gasteiger partial charge on any atom is -0.314 e. The number of nitrogens with zero attached hydrogens (tertiary/aromatic N) is 1. The van der Waals surface area contributed by atoms with E-state index in [9.17, 15) is 4.79 Å². The number of benzene rings is 1. The molecular weight excluding hydrogens is 260 g/mol. The highest BCUT2D eigenvalue weighted by molar-refractivity contribution is 5.33. The van der Waals surface area contributed by atoms with Crippen molar-refractivity contribution in [3.8, 4) is 0 Å². The Balaban J connectivity index is 2.32. The fourth-order valence-electron chi connectivity index (χ4n) is 2.53. The molecule has 0 radical (unpaired) electrons. The molecule has 0 aliphatic rings. The van der Waals surface area contributed by atoms with Gasteiger partial charge in [0.25, 0.3) is 5.56 Å². The van der Waals surface area contributed by atoms with Crippen LogP contribution in [0.3, 0.4) is 0 Å². The van der Waals surface area contributed by atoms with E-state index < -0.39 is 0 Å². The molecule has 0 fully saturated rings. The Labute approximate surface area is 126 Å². The predicted octanol–water partition coefficient (Wildman–Crippen LogP) is 3.21. The number of aromatic nitrogens is 1. The second-order valence-corrected chi connectivity index (χ2v) is 5.56. The van der Waals surface area contributed by atoms with Gasteiger partial charge in [-0.25, -0.2) is 0 Å². The van der Waals surface area contributed by atoms with Crippen LogP contribution in [0.5, 0.6) is 0 Å². The molecule has 3 heteroatoms. The van der Waals surface area contributed by atoms with Crippen LogP contribution in [0.1, 0.15) is 36.1 Å². The Kier molecular flexibility index (Phi) is 5.34. The van der Waals surface area contributed by atoms with Crippen molar-refractivity contribution < 1.29 is 0 Å². The zero-order chi connectivity index (χ0) is 15.2. The highest BCUT2D eigenvalue weighted by Crippen LogP contribution is 2.20. The SMILES string of the molecule is CCCNC(Cn1ccccc1=O)c1cc(C)ccc1C. The third-order valence-corrected chi connectivity index (χ3v) is 3.73. The maximum Gasteiger partial charge on any atom is 0.250 e. The summed E-state index contributed by atoms with van der Waals surface area (Å²) < 4.78 is 1.77. The first kappa shape index (κ1) is 15.5. The number of hydrogen-bond donors (Lipinski definition) is 1. The van der Waals surface area contributed by atoms with E-state index in [1.165, 1.54) is 16.7 Å². The Bertz CT molecular complexity index is 646. The lowest BCUT2D eigenvalue weighted by atomic mass is 9.98. The molecule has 1 aromatic carbocycles. The fourth-order valence-corrected chi connectivity index (χ4v) is 2.53. The average molecular weight is 284 g/mol. The lowest BCUT2D eigenvalue weighted by Crippen LogP contribution is -2.31. The van der Waals surface area contributed by atoms with E-state index in [0.717, 1.165) is 13.0 Å². The smallest absolute Gasteiger partial charge is 0.250 e. The van der Waals surface area contributed by atoms with Crippen molar-refractivity contribution in [3.05, 3.63) is 69.6 Å². The van der Waals surface area contributed by atoms with Crippen molar-refractivity contribution in [1.82, 2.24) is 9.88 Å². The molecule has 2 aromatic rings. The fraction of sp³-hybridized carbons (Fsp3) is 0.389. The summed E-state index contributed by atoms with van der Waals surface area (Å²) in [4.78, 5) is 11.9. The zero-order valence-corrected chi connectivity index (χ0v) is 13.1. The van der Waals surface area contributed by atoms with Gasteiger partial charge in [-0.3, -0.25) is 4.79 Å². The van der Waals surface area contributed by atoms with Crippen molar-refractivity contribution in [3.63, 3.8) is 0 Å². The molecule has 21 heavy (non-hydrogen) atoms. The molecule has 1 aromatic heterocycles. The zero-order valence-electron chi connectivity index (χ0n) is 13.1. The van der Waals surface area contributed by atoms with E-state index in [1.54, 1.807) is 16.7 Å². The largest absolute Gasteiger partial charge is 0.314 e. The molecule has 112 valence electrons. The van der Waals surface area contributed by atoms with Crippen molar-refractivity contribution in [2.75, 3.05) is 6.54 Å². The summed E-state index contributed by atoms with van der Waals surface area (Å²) in [7, 11) is 0. The molecule has 0 saturated carbocycles. The van der Waals surface area contributed by atoms with Gasteiger partial charge in [-0.1, -0.05) is 36.8 Å². The number of rotatable bonds is 6. The summed E-state index contributed by atoms with van der Waals surface area (Å²) in [5, 5.41) is 3.57. The summed E-state index contributed by atoms with van der Waals surface area (Å²) in [6.45, 7) is 7.99. The number of aryl methyl sites for hydroxylation is 2. The van der Waals surface area contributed by atoms with Gasteiger partial charge >= 0.3 is 0 Å². The number of hydrogen-bond acceptors (Lipinski definition) is 2. The average Bonchev–Trinajstić information content (AvgIpc) is 2.48. The molecule has 1 unspecified atom stereocenters. The van der Waals surface area contributed by atoms with Gasteiger partial charge in [-0.05, 0) is 44.0 Å². The molecule has 0 saturated heterocycles. The molecule has 0 aliphatic heterocycles. The molecule has 1 N–H and O–H groups in total. The van der Waals surface area contributed by atoms with E-state index in [-0.39, 0.29) is 11.6 Å². The molecule has 3 nitrogen and oxygen atoms in total. The summed E-state index contributed by atoms with van der Waals surface area (Å²) in [6, 6.07) is 12.0. The van der Waals surface area contributed by atoms with Crippen LogP contribution in [0, 0.1) is 13.8 Å². The highest BCUT2D eigenvalue weighted by Gasteiger charge is 2.14. The standard InChI is InChI=1S/C18H24N2O/c1-4-10-19-17(13-20-11-6-5-7-18(20)21)16-12-14(2)8-9-15(16)3/h5-9,11-12,17,19H,4,10,13H2,1-3H3. The van der Waals surface area contributed by atoms with Gasteiger partial charge in [0.15, 0.2) is 0 Å². The van der Waals surface area contributed by atoms with Crippen molar-refractivity contribution in [2.45, 2.75) is 39.8 Å². The van der Waals surface area contributed by atoms with E-state index in [0.29, 0.717) is 6.54 Å². The molecule has 2 rings (SSSR count). The van der Waals surface area contributed by atoms with Crippen LogP contribution in [0.25, 0.3) is 0 Å². The van der Waals surface area contributed by atoms with Crippen LogP contribution in [0.2, 0.25) is 0 Å². The van der Waals surface area contributed by atoms with Gasteiger partial charge in [0.2, 0.25) is 0 Å². The molecule has 0 bridgehead atoms. The highest BCUT2D eigenvalue weighted by atomic mass is 16.1. The van der Waals surface area contributed by atoms with E-state index in [4.69, 9.17) is 0 Å². The monoisotopic (exact) mass is 284 g/mol. The summed E-state index contributed by atoms with van der Waals surface area (Å²) in [6.07, 6.45) is 2.93. The van der Waals surface area contributed by atoms with E-state index >= 15 is 0 Å². The van der Waals surface area contributed by atoms with Crippen molar-refractivity contribution in [2.24, 2.45) is 0 Å². The Morgan fingerprint density at radius 2 is 2.00 bits per heavy atom. The topological polar surface area (TPSA) is 34.0 Å². The molecular formula is C18H24N2O. The maximum atomic E-state index is 11.9. The van der Waals surface area contributed by atoms with Crippen LogP contribution < -0.4 is 10.9 Å². The molecule has 0 spiro atoms. The van der Waals surface area contributed by atoms with Gasteiger partial charge in [-0.15, -0.1) is 0 Å².